The van der Waals surface area contributed by atoms with Crippen LogP contribution in [0.25, 0.3) is 0 Å². The van der Waals surface area contributed by atoms with Crippen LogP contribution in [0.4, 0.5) is 0 Å². The highest BCUT2D eigenvalue weighted by Crippen LogP contribution is 2.20. The van der Waals surface area contributed by atoms with Crippen molar-refractivity contribution in [3.8, 4) is 0 Å². The lowest BCUT2D eigenvalue weighted by atomic mass is 10.1. The van der Waals surface area contributed by atoms with Gasteiger partial charge in [-0.2, -0.15) is 0 Å². The number of likely N-dealkylation sites (tertiary alicyclic amines) is 1. The second-order valence-corrected chi connectivity index (χ2v) is 5.43. The van der Waals surface area contributed by atoms with Gasteiger partial charge in [0.05, 0.1) is 0 Å². The van der Waals surface area contributed by atoms with E-state index in [1.165, 1.54) is 5.56 Å². The third-order valence-corrected chi connectivity index (χ3v) is 3.80. The van der Waals surface area contributed by atoms with Gasteiger partial charge in [0.25, 0.3) is 0 Å². The number of benzene rings is 1. The molecule has 1 amide bonds. The number of nitrogens with zero attached hydrogens (tertiary/aromatic N) is 1. The van der Waals surface area contributed by atoms with Crippen molar-refractivity contribution in [2.45, 2.75) is 32.1 Å². The summed E-state index contributed by atoms with van der Waals surface area (Å²) in [6.07, 6.45) is 3.31. The lowest BCUT2D eigenvalue weighted by Crippen LogP contribution is -2.28. The van der Waals surface area contributed by atoms with E-state index in [0.717, 1.165) is 19.3 Å². The quantitative estimate of drug-likeness (QED) is 0.867. The maximum absolute atomic E-state index is 12.0. The van der Waals surface area contributed by atoms with Crippen molar-refractivity contribution in [1.29, 1.82) is 0 Å². The van der Waals surface area contributed by atoms with Gasteiger partial charge in [-0.1, -0.05) is 30.3 Å². The van der Waals surface area contributed by atoms with Crippen LogP contribution in [0, 0.1) is 5.92 Å². The Morgan fingerprint density at radius 3 is 2.70 bits per heavy atom. The highest BCUT2D eigenvalue weighted by atomic mass is 16.4. The fourth-order valence-electron chi connectivity index (χ4n) is 2.72. The van der Waals surface area contributed by atoms with Crippen molar-refractivity contribution in [1.82, 2.24) is 4.90 Å². The molecule has 4 nitrogen and oxygen atoms in total. The van der Waals surface area contributed by atoms with Crippen LogP contribution < -0.4 is 0 Å². The molecule has 1 unspecified atom stereocenters. The summed E-state index contributed by atoms with van der Waals surface area (Å²) in [6.45, 7) is 1.32. The van der Waals surface area contributed by atoms with E-state index in [-0.39, 0.29) is 18.2 Å². The number of carboxylic acids is 1. The van der Waals surface area contributed by atoms with E-state index in [1.54, 1.807) is 0 Å². The van der Waals surface area contributed by atoms with E-state index in [1.807, 2.05) is 23.1 Å². The number of carboxylic acid groups (broad SMARTS) is 1. The van der Waals surface area contributed by atoms with Gasteiger partial charge < -0.3 is 10.0 Å². The number of carbonyl (C=O) groups excluding carboxylic acids is 1. The molecule has 1 N–H and O–H groups in total. The summed E-state index contributed by atoms with van der Waals surface area (Å²) in [6, 6.07) is 10.1. The highest BCUT2D eigenvalue weighted by molar-refractivity contribution is 5.76. The van der Waals surface area contributed by atoms with Gasteiger partial charge in [0.1, 0.15) is 0 Å². The third-order valence-electron chi connectivity index (χ3n) is 3.80. The van der Waals surface area contributed by atoms with E-state index >= 15 is 0 Å². The molecule has 2 rings (SSSR count). The normalized spacial score (nSPS) is 18.2. The van der Waals surface area contributed by atoms with Gasteiger partial charge in [0.2, 0.25) is 5.91 Å². The number of aliphatic carboxylic acids is 1. The zero-order chi connectivity index (χ0) is 14.4. The van der Waals surface area contributed by atoms with E-state index in [2.05, 4.69) is 12.1 Å². The van der Waals surface area contributed by atoms with Crippen molar-refractivity contribution in [3.05, 3.63) is 35.9 Å². The molecule has 1 aliphatic rings. The van der Waals surface area contributed by atoms with Gasteiger partial charge in [-0.05, 0) is 30.7 Å². The summed E-state index contributed by atoms with van der Waals surface area (Å²) < 4.78 is 0. The lowest BCUT2D eigenvalue weighted by Gasteiger charge is -2.16. The largest absolute Gasteiger partial charge is 0.481 e. The molecular weight excluding hydrogens is 254 g/mol. The molecule has 0 aromatic heterocycles. The molecule has 0 bridgehead atoms. The van der Waals surface area contributed by atoms with Gasteiger partial charge in [-0.25, -0.2) is 0 Å². The van der Waals surface area contributed by atoms with E-state index < -0.39 is 5.97 Å². The fraction of sp³-hybridized carbons (Fsp3) is 0.500. The Bertz CT molecular complexity index is 458. The van der Waals surface area contributed by atoms with Gasteiger partial charge in [0.15, 0.2) is 0 Å². The minimum absolute atomic E-state index is 0.130. The highest BCUT2D eigenvalue weighted by Gasteiger charge is 2.27. The zero-order valence-corrected chi connectivity index (χ0v) is 11.6. The van der Waals surface area contributed by atoms with Gasteiger partial charge >= 0.3 is 5.97 Å². The monoisotopic (exact) mass is 275 g/mol. The first-order chi connectivity index (χ1) is 9.65. The Kier molecular flexibility index (Phi) is 5.16. The van der Waals surface area contributed by atoms with Crippen LogP contribution in [0.5, 0.6) is 0 Å². The van der Waals surface area contributed by atoms with E-state index in [0.29, 0.717) is 19.5 Å². The fourth-order valence-corrected chi connectivity index (χ4v) is 2.72. The summed E-state index contributed by atoms with van der Waals surface area (Å²) in [4.78, 5) is 24.5. The molecule has 1 atom stereocenters. The number of hydrogen-bond donors (Lipinski definition) is 1. The average molecular weight is 275 g/mol. The van der Waals surface area contributed by atoms with Gasteiger partial charge in [0, 0.05) is 25.9 Å². The standard InChI is InChI=1S/C16H21NO3/c18-15(8-4-7-13-5-2-1-3-6-13)17-10-9-14(12-17)11-16(19)20/h1-3,5-6,14H,4,7-12H2,(H,19,20). The maximum atomic E-state index is 12.0. The van der Waals surface area contributed by atoms with Crippen molar-refractivity contribution in [2.75, 3.05) is 13.1 Å². The molecule has 1 heterocycles. The number of aryl methyl sites for hydroxylation is 1. The van der Waals surface area contributed by atoms with E-state index in [9.17, 15) is 9.59 Å². The molecule has 1 aromatic carbocycles. The van der Waals surface area contributed by atoms with Crippen molar-refractivity contribution >= 4 is 11.9 Å². The molecule has 4 heteroatoms. The summed E-state index contributed by atoms with van der Waals surface area (Å²) >= 11 is 0. The summed E-state index contributed by atoms with van der Waals surface area (Å²) in [5, 5.41) is 8.76. The minimum Gasteiger partial charge on any atom is -0.481 e. The molecule has 1 aliphatic heterocycles. The zero-order valence-electron chi connectivity index (χ0n) is 11.6. The Morgan fingerprint density at radius 2 is 2.00 bits per heavy atom. The summed E-state index contributed by atoms with van der Waals surface area (Å²) in [7, 11) is 0. The molecule has 0 spiro atoms. The summed E-state index contributed by atoms with van der Waals surface area (Å²) in [5.74, 6) is -0.479. The van der Waals surface area contributed by atoms with Gasteiger partial charge in [-0.3, -0.25) is 9.59 Å². The first-order valence-electron chi connectivity index (χ1n) is 7.18. The molecule has 1 saturated heterocycles. The topological polar surface area (TPSA) is 57.6 Å². The Balaban J connectivity index is 1.69. The number of amides is 1. The average Bonchev–Trinajstić information content (AvgIpc) is 2.87. The molecule has 20 heavy (non-hydrogen) atoms. The minimum atomic E-state index is -0.770. The number of rotatable bonds is 6. The van der Waals surface area contributed by atoms with Crippen molar-refractivity contribution < 1.29 is 14.7 Å². The van der Waals surface area contributed by atoms with E-state index in [4.69, 9.17) is 5.11 Å². The molecule has 0 radical (unpaired) electrons. The first-order valence-corrected chi connectivity index (χ1v) is 7.18. The van der Waals surface area contributed by atoms with Crippen LogP contribution in [0.15, 0.2) is 30.3 Å². The Hall–Kier alpha value is -1.84. The van der Waals surface area contributed by atoms with Crippen LogP contribution in [0.1, 0.15) is 31.2 Å². The lowest BCUT2D eigenvalue weighted by molar-refractivity contribution is -0.138. The third kappa shape index (κ3) is 4.37. The predicted octanol–water partition coefficient (Wildman–Crippen LogP) is 2.33. The first kappa shape index (κ1) is 14.6. The van der Waals surface area contributed by atoms with Gasteiger partial charge in [-0.15, -0.1) is 0 Å². The number of carbonyl (C=O) groups is 2. The van der Waals surface area contributed by atoms with Crippen LogP contribution in [-0.2, 0) is 16.0 Å². The summed E-state index contributed by atoms with van der Waals surface area (Å²) in [5.41, 5.74) is 1.26. The smallest absolute Gasteiger partial charge is 0.303 e. The molecule has 1 fully saturated rings. The second-order valence-electron chi connectivity index (χ2n) is 5.43. The molecule has 0 aliphatic carbocycles. The SMILES string of the molecule is O=C(O)CC1CCN(C(=O)CCCc2ccccc2)C1. The molecular formula is C16H21NO3. The molecule has 108 valence electrons. The Labute approximate surface area is 119 Å². The van der Waals surface area contributed by atoms with Crippen LogP contribution in [0.3, 0.4) is 0 Å². The second kappa shape index (κ2) is 7.08. The maximum Gasteiger partial charge on any atom is 0.303 e. The van der Waals surface area contributed by atoms with Crippen molar-refractivity contribution in [2.24, 2.45) is 5.92 Å². The number of hydrogen-bond acceptors (Lipinski definition) is 2. The van der Waals surface area contributed by atoms with Crippen LogP contribution in [-0.4, -0.2) is 35.0 Å². The molecule has 1 aromatic rings. The van der Waals surface area contributed by atoms with Crippen LogP contribution >= 0.6 is 0 Å². The Morgan fingerprint density at radius 1 is 1.25 bits per heavy atom. The van der Waals surface area contributed by atoms with Crippen LogP contribution in [0.2, 0.25) is 0 Å². The molecule has 0 saturated carbocycles. The van der Waals surface area contributed by atoms with Crippen molar-refractivity contribution in [3.63, 3.8) is 0 Å². The predicted molar refractivity (Wildman–Crippen MR) is 76.3 cm³/mol.